The van der Waals surface area contributed by atoms with Gasteiger partial charge in [0.1, 0.15) is 0 Å². The van der Waals surface area contributed by atoms with Crippen LogP contribution < -0.4 is 4.90 Å². The molecule has 2 aromatic rings. The fourth-order valence-electron chi connectivity index (χ4n) is 5.38. The van der Waals surface area contributed by atoms with E-state index in [1.807, 2.05) is 0 Å². The van der Waals surface area contributed by atoms with Crippen molar-refractivity contribution in [2.24, 2.45) is 5.92 Å². The third-order valence-corrected chi connectivity index (χ3v) is 6.59. The van der Waals surface area contributed by atoms with Gasteiger partial charge in [-0.3, -0.25) is 0 Å². The summed E-state index contributed by atoms with van der Waals surface area (Å²) in [7, 11) is 0. The fourth-order valence-corrected chi connectivity index (χ4v) is 5.38. The SMILES string of the molecule is C1=CCC(N2C3=CC4=C(CC3Cc3ccccc32)c2ccccc2C4)C=C1. The quantitative estimate of drug-likeness (QED) is 0.624. The Bertz CT molecular complexity index is 1050. The molecular formula is C26H23N. The summed E-state index contributed by atoms with van der Waals surface area (Å²) in [6, 6.07) is 18.4. The van der Waals surface area contributed by atoms with Crippen LogP contribution in [0, 0.1) is 5.92 Å². The molecule has 0 saturated heterocycles. The van der Waals surface area contributed by atoms with E-state index in [0.717, 1.165) is 19.3 Å². The lowest BCUT2D eigenvalue weighted by Gasteiger charge is -2.44. The molecule has 0 spiro atoms. The van der Waals surface area contributed by atoms with E-state index in [0.29, 0.717) is 12.0 Å². The summed E-state index contributed by atoms with van der Waals surface area (Å²) in [5.41, 5.74) is 10.6. The third-order valence-electron chi connectivity index (χ3n) is 6.59. The van der Waals surface area contributed by atoms with E-state index in [-0.39, 0.29) is 0 Å². The predicted molar refractivity (Wildman–Crippen MR) is 113 cm³/mol. The Kier molecular flexibility index (Phi) is 3.31. The van der Waals surface area contributed by atoms with Crippen molar-refractivity contribution < 1.29 is 0 Å². The van der Waals surface area contributed by atoms with Crippen molar-refractivity contribution in [1.29, 1.82) is 0 Å². The zero-order valence-corrected chi connectivity index (χ0v) is 15.4. The Morgan fingerprint density at radius 1 is 0.852 bits per heavy atom. The topological polar surface area (TPSA) is 3.24 Å². The zero-order chi connectivity index (χ0) is 17.8. The highest BCUT2D eigenvalue weighted by molar-refractivity contribution is 5.81. The summed E-state index contributed by atoms with van der Waals surface area (Å²) < 4.78 is 0. The van der Waals surface area contributed by atoms with Gasteiger partial charge in [0.2, 0.25) is 0 Å². The number of anilines is 1. The van der Waals surface area contributed by atoms with Gasteiger partial charge in [-0.25, -0.2) is 0 Å². The summed E-state index contributed by atoms with van der Waals surface area (Å²) in [4.78, 5) is 2.64. The van der Waals surface area contributed by atoms with Gasteiger partial charge in [-0.05, 0) is 65.7 Å². The molecule has 1 heteroatoms. The van der Waals surface area contributed by atoms with E-state index in [1.165, 1.54) is 34.5 Å². The fraction of sp³-hybridized carbons (Fsp3) is 0.231. The molecule has 0 radical (unpaired) electrons. The Hall–Kier alpha value is -2.80. The van der Waals surface area contributed by atoms with Gasteiger partial charge in [-0.1, -0.05) is 66.8 Å². The third kappa shape index (κ3) is 2.31. The summed E-state index contributed by atoms with van der Waals surface area (Å²) in [6.07, 6.45) is 16.1. The molecule has 1 heterocycles. The molecule has 2 atom stereocenters. The molecule has 0 fully saturated rings. The van der Waals surface area contributed by atoms with Gasteiger partial charge in [0.25, 0.3) is 0 Å². The van der Waals surface area contributed by atoms with Crippen molar-refractivity contribution >= 4 is 11.3 Å². The molecule has 27 heavy (non-hydrogen) atoms. The van der Waals surface area contributed by atoms with Crippen molar-refractivity contribution in [1.82, 2.24) is 0 Å². The number of rotatable bonds is 1. The molecule has 1 aliphatic heterocycles. The number of para-hydroxylation sites is 1. The van der Waals surface area contributed by atoms with E-state index in [4.69, 9.17) is 0 Å². The molecule has 6 rings (SSSR count). The minimum atomic E-state index is 0.427. The van der Waals surface area contributed by atoms with Crippen LogP contribution in [0.25, 0.3) is 5.57 Å². The van der Waals surface area contributed by atoms with Gasteiger partial charge in [-0.2, -0.15) is 0 Å². The van der Waals surface area contributed by atoms with E-state index >= 15 is 0 Å². The molecule has 4 aliphatic rings. The number of hydrogen-bond acceptors (Lipinski definition) is 1. The maximum atomic E-state index is 2.64. The van der Waals surface area contributed by atoms with Crippen LogP contribution in [0.15, 0.2) is 90.2 Å². The van der Waals surface area contributed by atoms with Crippen LogP contribution in [-0.4, -0.2) is 6.04 Å². The van der Waals surface area contributed by atoms with Crippen LogP contribution in [0.2, 0.25) is 0 Å². The number of fused-ring (bicyclic) bond motifs is 4. The number of benzene rings is 2. The number of hydrogen-bond donors (Lipinski definition) is 0. The smallest absolute Gasteiger partial charge is 0.0556 e. The van der Waals surface area contributed by atoms with E-state index < -0.39 is 0 Å². The normalized spacial score (nSPS) is 24.9. The highest BCUT2D eigenvalue weighted by atomic mass is 15.2. The number of nitrogens with zero attached hydrogens (tertiary/aromatic N) is 1. The molecule has 3 aliphatic carbocycles. The standard InChI is InChI=1S/C26H23N/c1-2-10-22(11-3-1)27-25-13-7-5-9-19(25)15-21-16-24-20(17-26(21)27)14-18-8-4-6-12-23(18)24/h1-10,12-13,17,21-22H,11,14-16H2. The first-order valence-corrected chi connectivity index (χ1v) is 10.1. The van der Waals surface area contributed by atoms with E-state index in [1.54, 1.807) is 11.1 Å². The summed E-state index contributed by atoms with van der Waals surface area (Å²) >= 11 is 0. The average Bonchev–Trinajstić information content (AvgIpc) is 3.08. The molecule has 132 valence electrons. The van der Waals surface area contributed by atoms with Gasteiger partial charge in [0, 0.05) is 17.3 Å². The van der Waals surface area contributed by atoms with Crippen molar-refractivity contribution in [2.75, 3.05) is 4.90 Å². The predicted octanol–water partition coefficient (Wildman–Crippen LogP) is 5.85. The van der Waals surface area contributed by atoms with Crippen molar-refractivity contribution in [3.05, 3.63) is 107 Å². The molecule has 0 amide bonds. The first-order valence-electron chi connectivity index (χ1n) is 10.1. The van der Waals surface area contributed by atoms with Gasteiger partial charge >= 0.3 is 0 Å². The van der Waals surface area contributed by atoms with Crippen LogP contribution >= 0.6 is 0 Å². The monoisotopic (exact) mass is 349 g/mol. The Balaban J connectivity index is 1.49. The molecular weight excluding hydrogens is 326 g/mol. The van der Waals surface area contributed by atoms with Crippen LogP contribution in [0.3, 0.4) is 0 Å². The van der Waals surface area contributed by atoms with Crippen molar-refractivity contribution in [3.8, 4) is 0 Å². The minimum absolute atomic E-state index is 0.427. The van der Waals surface area contributed by atoms with Gasteiger partial charge in [0.05, 0.1) is 6.04 Å². The van der Waals surface area contributed by atoms with E-state index in [9.17, 15) is 0 Å². The summed E-state index contributed by atoms with van der Waals surface area (Å²) in [6.45, 7) is 0. The first kappa shape index (κ1) is 15.3. The second-order valence-corrected chi connectivity index (χ2v) is 8.13. The molecule has 2 unspecified atom stereocenters. The average molecular weight is 349 g/mol. The highest BCUT2D eigenvalue weighted by Crippen LogP contribution is 2.49. The second-order valence-electron chi connectivity index (χ2n) is 8.13. The van der Waals surface area contributed by atoms with Crippen LogP contribution in [0.1, 0.15) is 29.5 Å². The van der Waals surface area contributed by atoms with Gasteiger partial charge < -0.3 is 4.90 Å². The van der Waals surface area contributed by atoms with Crippen molar-refractivity contribution in [3.63, 3.8) is 0 Å². The number of allylic oxidation sites excluding steroid dienone is 6. The van der Waals surface area contributed by atoms with Crippen LogP contribution in [-0.2, 0) is 12.8 Å². The van der Waals surface area contributed by atoms with Crippen molar-refractivity contribution in [2.45, 2.75) is 31.7 Å². The molecule has 0 saturated carbocycles. The Labute approximate surface area is 161 Å². The molecule has 0 N–H and O–H groups in total. The molecule has 0 bridgehead atoms. The minimum Gasteiger partial charge on any atom is -0.337 e. The maximum absolute atomic E-state index is 2.64. The Morgan fingerprint density at radius 3 is 2.59 bits per heavy atom. The largest absolute Gasteiger partial charge is 0.337 e. The lowest BCUT2D eigenvalue weighted by molar-refractivity contribution is 0.547. The first-order chi connectivity index (χ1) is 13.4. The lowest BCUT2D eigenvalue weighted by Crippen LogP contribution is -2.41. The molecule has 0 aromatic heterocycles. The molecule has 2 aromatic carbocycles. The van der Waals surface area contributed by atoms with Gasteiger partial charge in [-0.15, -0.1) is 0 Å². The van der Waals surface area contributed by atoms with Crippen LogP contribution in [0.4, 0.5) is 5.69 Å². The summed E-state index contributed by atoms with van der Waals surface area (Å²) in [5, 5.41) is 0. The highest BCUT2D eigenvalue weighted by Gasteiger charge is 2.37. The molecule has 1 nitrogen and oxygen atoms in total. The van der Waals surface area contributed by atoms with Gasteiger partial charge in [0.15, 0.2) is 0 Å². The summed E-state index contributed by atoms with van der Waals surface area (Å²) in [5.74, 6) is 0.587. The lowest BCUT2D eigenvalue weighted by atomic mass is 9.78. The van der Waals surface area contributed by atoms with E-state index in [2.05, 4.69) is 83.8 Å². The maximum Gasteiger partial charge on any atom is 0.0556 e. The second kappa shape index (κ2) is 5.85. The Morgan fingerprint density at radius 2 is 1.70 bits per heavy atom. The van der Waals surface area contributed by atoms with Crippen LogP contribution in [0.5, 0.6) is 0 Å². The zero-order valence-electron chi connectivity index (χ0n) is 15.4.